The number of halogens is 2. The lowest BCUT2D eigenvalue weighted by atomic mass is 10.2. The molecule has 0 fully saturated rings. The SMILES string of the molecule is C[C@H]1CC(=O)Nc2ccccc2N1C(=O)CSc1nnc(-c2ccc(OC(F)F)cc2)n1N. The molecule has 0 saturated carbocycles. The number of amides is 2. The van der Waals surface area contributed by atoms with Crippen LogP contribution in [-0.4, -0.2) is 45.1 Å². The predicted molar refractivity (Wildman–Crippen MR) is 120 cm³/mol. The Kier molecular flexibility index (Phi) is 6.45. The summed E-state index contributed by atoms with van der Waals surface area (Å²) in [6, 6.07) is 12.6. The number of nitrogen functional groups attached to an aromatic ring is 1. The molecule has 9 nitrogen and oxygen atoms in total. The molecule has 1 aliphatic rings. The highest BCUT2D eigenvalue weighted by Crippen LogP contribution is 2.32. The number of alkyl halides is 2. The number of benzene rings is 2. The molecule has 3 N–H and O–H groups in total. The number of nitrogens with zero attached hydrogens (tertiary/aromatic N) is 4. The Morgan fingerprint density at radius 1 is 1.24 bits per heavy atom. The summed E-state index contributed by atoms with van der Waals surface area (Å²) in [4.78, 5) is 26.8. The number of aromatic nitrogens is 3. The van der Waals surface area contributed by atoms with Crippen LogP contribution in [0.1, 0.15) is 13.3 Å². The molecule has 33 heavy (non-hydrogen) atoms. The van der Waals surface area contributed by atoms with Crippen molar-refractivity contribution in [3.63, 3.8) is 0 Å². The van der Waals surface area contributed by atoms with Crippen molar-refractivity contribution in [2.75, 3.05) is 21.8 Å². The number of nitrogens with two attached hydrogens (primary N) is 1. The van der Waals surface area contributed by atoms with Gasteiger partial charge in [0.15, 0.2) is 5.82 Å². The second kappa shape index (κ2) is 9.45. The van der Waals surface area contributed by atoms with E-state index in [0.29, 0.717) is 27.9 Å². The van der Waals surface area contributed by atoms with E-state index in [9.17, 15) is 18.4 Å². The van der Waals surface area contributed by atoms with Crippen LogP contribution in [0.3, 0.4) is 0 Å². The number of hydrogen-bond acceptors (Lipinski definition) is 7. The molecule has 0 aliphatic carbocycles. The minimum atomic E-state index is -2.91. The van der Waals surface area contributed by atoms with E-state index in [1.165, 1.54) is 28.9 Å². The van der Waals surface area contributed by atoms with E-state index in [0.717, 1.165) is 11.8 Å². The first-order valence-corrected chi connectivity index (χ1v) is 10.9. The maximum Gasteiger partial charge on any atom is 0.387 e. The average Bonchev–Trinajstić information content (AvgIpc) is 3.07. The number of anilines is 2. The summed E-state index contributed by atoms with van der Waals surface area (Å²) < 4.78 is 30.2. The van der Waals surface area contributed by atoms with Gasteiger partial charge in [0.05, 0.1) is 17.1 Å². The van der Waals surface area contributed by atoms with Gasteiger partial charge < -0.3 is 20.8 Å². The van der Waals surface area contributed by atoms with Crippen LogP contribution >= 0.6 is 11.8 Å². The first kappa shape index (κ1) is 22.5. The summed E-state index contributed by atoms with van der Waals surface area (Å²) in [5.41, 5.74) is 1.75. The molecule has 0 saturated heterocycles. The van der Waals surface area contributed by atoms with Gasteiger partial charge in [0.25, 0.3) is 0 Å². The van der Waals surface area contributed by atoms with Gasteiger partial charge in [-0.15, -0.1) is 10.2 Å². The van der Waals surface area contributed by atoms with Crippen LogP contribution in [0.4, 0.5) is 20.2 Å². The van der Waals surface area contributed by atoms with Gasteiger partial charge in [0.2, 0.25) is 17.0 Å². The third-order valence-electron chi connectivity index (χ3n) is 4.95. The fourth-order valence-corrected chi connectivity index (χ4v) is 4.24. The van der Waals surface area contributed by atoms with Crippen LogP contribution < -0.4 is 20.8 Å². The van der Waals surface area contributed by atoms with Gasteiger partial charge in [0.1, 0.15) is 5.75 Å². The first-order chi connectivity index (χ1) is 15.8. The Labute approximate surface area is 191 Å². The zero-order chi connectivity index (χ0) is 23.5. The highest BCUT2D eigenvalue weighted by atomic mass is 32.2. The van der Waals surface area contributed by atoms with E-state index in [1.807, 2.05) is 6.92 Å². The predicted octanol–water partition coefficient (Wildman–Crippen LogP) is 3.12. The van der Waals surface area contributed by atoms with Crippen molar-refractivity contribution in [2.45, 2.75) is 31.2 Å². The third kappa shape index (κ3) is 4.90. The average molecular weight is 474 g/mol. The van der Waals surface area contributed by atoms with Gasteiger partial charge in [-0.25, -0.2) is 4.68 Å². The number of thioether (sulfide) groups is 1. The number of para-hydroxylation sites is 2. The molecule has 1 atom stereocenters. The summed E-state index contributed by atoms with van der Waals surface area (Å²) in [6.45, 7) is -1.10. The normalized spacial score (nSPS) is 15.7. The molecule has 12 heteroatoms. The van der Waals surface area contributed by atoms with Crippen LogP contribution in [0.15, 0.2) is 53.7 Å². The number of nitrogens with one attached hydrogen (secondary N) is 1. The molecule has 1 aliphatic heterocycles. The molecule has 2 aromatic carbocycles. The Hall–Kier alpha value is -3.67. The quantitative estimate of drug-likeness (QED) is 0.417. The van der Waals surface area contributed by atoms with Crippen molar-refractivity contribution < 1.29 is 23.1 Å². The monoisotopic (exact) mass is 474 g/mol. The van der Waals surface area contributed by atoms with E-state index in [2.05, 4.69) is 20.3 Å². The zero-order valence-electron chi connectivity index (χ0n) is 17.4. The maximum atomic E-state index is 13.1. The van der Waals surface area contributed by atoms with E-state index in [4.69, 9.17) is 5.84 Å². The van der Waals surface area contributed by atoms with Gasteiger partial charge in [0, 0.05) is 18.0 Å². The number of carbonyl (C=O) groups excluding carboxylic acids is 2. The van der Waals surface area contributed by atoms with Crippen molar-refractivity contribution in [3.05, 3.63) is 48.5 Å². The molecule has 4 rings (SSSR count). The van der Waals surface area contributed by atoms with E-state index in [-0.39, 0.29) is 35.8 Å². The Bertz CT molecular complexity index is 1170. The number of ether oxygens (including phenoxy) is 1. The van der Waals surface area contributed by atoms with Gasteiger partial charge in [-0.3, -0.25) is 9.59 Å². The molecular weight excluding hydrogens is 454 g/mol. The summed E-state index contributed by atoms with van der Waals surface area (Å²) in [5.74, 6) is 6.07. The fourth-order valence-electron chi connectivity index (χ4n) is 3.52. The largest absolute Gasteiger partial charge is 0.435 e. The molecule has 0 radical (unpaired) electrons. The lowest BCUT2D eigenvalue weighted by Gasteiger charge is -2.27. The number of hydrogen-bond donors (Lipinski definition) is 2. The van der Waals surface area contributed by atoms with Crippen LogP contribution in [0.5, 0.6) is 5.75 Å². The minimum absolute atomic E-state index is 0.0110. The van der Waals surface area contributed by atoms with Crippen molar-refractivity contribution in [1.29, 1.82) is 0 Å². The van der Waals surface area contributed by atoms with Gasteiger partial charge in [-0.1, -0.05) is 23.9 Å². The van der Waals surface area contributed by atoms with Crippen LogP contribution in [-0.2, 0) is 9.59 Å². The summed E-state index contributed by atoms with van der Waals surface area (Å²) in [6.07, 6.45) is 0.174. The van der Waals surface area contributed by atoms with Gasteiger partial charge in [-0.05, 0) is 43.3 Å². The number of carbonyl (C=O) groups is 2. The highest BCUT2D eigenvalue weighted by Gasteiger charge is 2.29. The van der Waals surface area contributed by atoms with E-state index in [1.54, 1.807) is 29.2 Å². The maximum absolute atomic E-state index is 13.1. The third-order valence-corrected chi connectivity index (χ3v) is 5.88. The van der Waals surface area contributed by atoms with Gasteiger partial charge in [-0.2, -0.15) is 8.78 Å². The first-order valence-electron chi connectivity index (χ1n) is 9.93. The molecule has 1 aromatic heterocycles. The summed E-state index contributed by atoms with van der Waals surface area (Å²) in [7, 11) is 0. The highest BCUT2D eigenvalue weighted by molar-refractivity contribution is 7.99. The summed E-state index contributed by atoms with van der Waals surface area (Å²) in [5, 5.41) is 11.2. The van der Waals surface area contributed by atoms with Crippen molar-refractivity contribution >= 4 is 35.0 Å². The smallest absolute Gasteiger partial charge is 0.387 e. The molecule has 0 bridgehead atoms. The Balaban J connectivity index is 1.48. The standard InChI is InChI=1S/C21H20F2N6O3S/c1-12-10-17(30)25-15-4-2-3-5-16(15)28(12)18(31)11-33-21-27-26-19(29(21)24)13-6-8-14(9-7-13)32-20(22)23/h2-9,12,20H,10-11,24H2,1H3,(H,25,30)/t12-/m0/s1. The second-order valence-corrected chi connectivity index (χ2v) is 8.19. The van der Waals surface area contributed by atoms with E-state index < -0.39 is 6.61 Å². The Morgan fingerprint density at radius 3 is 2.70 bits per heavy atom. The second-order valence-electron chi connectivity index (χ2n) is 7.25. The summed E-state index contributed by atoms with van der Waals surface area (Å²) >= 11 is 1.10. The molecule has 3 aromatic rings. The van der Waals surface area contributed by atoms with Gasteiger partial charge >= 0.3 is 6.61 Å². The van der Waals surface area contributed by atoms with Crippen LogP contribution in [0.25, 0.3) is 11.4 Å². The molecule has 2 heterocycles. The topological polar surface area (TPSA) is 115 Å². The van der Waals surface area contributed by atoms with Crippen molar-refractivity contribution in [3.8, 4) is 17.1 Å². The van der Waals surface area contributed by atoms with E-state index >= 15 is 0 Å². The minimum Gasteiger partial charge on any atom is -0.435 e. The molecular formula is C21H20F2N6O3S. The molecule has 2 amide bonds. The molecule has 0 unspecified atom stereocenters. The van der Waals surface area contributed by atoms with Crippen molar-refractivity contribution in [1.82, 2.24) is 14.9 Å². The lowest BCUT2D eigenvalue weighted by molar-refractivity contribution is -0.117. The fraction of sp³-hybridized carbons (Fsp3) is 0.238. The Morgan fingerprint density at radius 2 is 1.97 bits per heavy atom. The lowest BCUT2D eigenvalue weighted by Crippen LogP contribution is -2.40. The molecule has 0 spiro atoms. The number of fused-ring (bicyclic) bond motifs is 1. The van der Waals surface area contributed by atoms with Crippen molar-refractivity contribution in [2.24, 2.45) is 0 Å². The molecule has 172 valence electrons. The zero-order valence-corrected chi connectivity index (χ0v) is 18.3. The van der Waals surface area contributed by atoms with Crippen LogP contribution in [0, 0.1) is 0 Å². The van der Waals surface area contributed by atoms with Crippen LogP contribution in [0.2, 0.25) is 0 Å². The number of rotatable bonds is 6.